The Morgan fingerprint density at radius 1 is 1.04 bits per heavy atom. The lowest BCUT2D eigenvalue weighted by Gasteiger charge is -2.42. The lowest BCUT2D eigenvalue weighted by atomic mass is 9.91. The number of carbonyl (C=O) groups is 2. The van der Waals surface area contributed by atoms with Crippen LogP contribution in [0.4, 0.5) is 0 Å². The fourth-order valence-electron chi connectivity index (χ4n) is 3.59. The summed E-state index contributed by atoms with van der Waals surface area (Å²) >= 11 is 0. The molecule has 2 saturated heterocycles. The molecule has 2 aliphatic rings. The lowest BCUT2D eigenvalue weighted by molar-refractivity contribution is -0.228. The summed E-state index contributed by atoms with van der Waals surface area (Å²) in [5.41, 5.74) is 0.837. The van der Waals surface area contributed by atoms with E-state index in [0.29, 0.717) is 13.0 Å². The van der Waals surface area contributed by atoms with Crippen LogP contribution >= 0.6 is 0 Å². The van der Waals surface area contributed by atoms with Crippen molar-refractivity contribution in [1.29, 1.82) is 0 Å². The summed E-state index contributed by atoms with van der Waals surface area (Å²) in [7, 11) is 0. The van der Waals surface area contributed by atoms with E-state index in [1.807, 2.05) is 44.2 Å². The Labute approximate surface area is 158 Å². The minimum absolute atomic E-state index is 0.303. The molecule has 0 aromatic heterocycles. The van der Waals surface area contributed by atoms with E-state index in [-0.39, 0.29) is 12.2 Å². The predicted molar refractivity (Wildman–Crippen MR) is 94.7 cm³/mol. The maximum Gasteiger partial charge on any atom is 0.303 e. The monoisotopic (exact) mass is 378 g/mol. The number of benzene rings is 1. The van der Waals surface area contributed by atoms with Crippen LogP contribution in [-0.4, -0.2) is 48.7 Å². The summed E-state index contributed by atoms with van der Waals surface area (Å²) in [6, 6.07) is 9.44. The van der Waals surface area contributed by atoms with Crippen LogP contribution in [0.3, 0.4) is 0 Å². The van der Waals surface area contributed by atoms with E-state index >= 15 is 0 Å². The molecule has 0 spiro atoms. The third kappa shape index (κ3) is 4.86. The largest absolute Gasteiger partial charge is 0.458 e. The first-order valence-electron chi connectivity index (χ1n) is 9.12. The average Bonchev–Trinajstić information content (AvgIpc) is 2.96. The second-order valence-electron chi connectivity index (χ2n) is 7.33. The molecule has 0 bridgehead atoms. The zero-order chi connectivity index (χ0) is 19.6. The van der Waals surface area contributed by atoms with Crippen LogP contribution < -0.4 is 0 Å². The Balaban J connectivity index is 1.90. The Kier molecular flexibility index (Phi) is 5.83. The molecule has 0 saturated carbocycles. The van der Waals surface area contributed by atoms with Crippen molar-refractivity contribution in [3.05, 3.63) is 35.9 Å². The van der Waals surface area contributed by atoms with E-state index in [4.69, 9.17) is 23.7 Å². The standard InChI is InChI=1S/C20H26O7/c1-12(21)24-16-10-15(17-11-23-20(3,4)27-17)26-18(19(16)25-13(2)22)14-8-6-5-7-9-14/h5-9,15-19H,10-11H2,1-4H3/t15-,16+,17-,18-,19+/m1/s1. The molecule has 0 amide bonds. The maximum absolute atomic E-state index is 11.7. The first kappa shape index (κ1) is 19.8. The molecule has 5 atom stereocenters. The van der Waals surface area contributed by atoms with E-state index in [0.717, 1.165) is 5.56 Å². The van der Waals surface area contributed by atoms with Gasteiger partial charge in [-0.25, -0.2) is 0 Å². The lowest BCUT2D eigenvalue weighted by Crippen LogP contribution is -2.51. The number of ether oxygens (including phenoxy) is 5. The van der Waals surface area contributed by atoms with Crippen molar-refractivity contribution in [2.24, 2.45) is 0 Å². The maximum atomic E-state index is 11.7. The van der Waals surface area contributed by atoms with Crippen molar-refractivity contribution in [3.8, 4) is 0 Å². The van der Waals surface area contributed by atoms with Crippen LogP contribution in [0.15, 0.2) is 30.3 Å². The fraction of sp³-hybridized carbons (Fsp3) is 0.600. The van der Waals surface area contributed by atoms with Crippen molar-refractivity contribution >= 4 is 11.9 Å². The van der Waals surface area contributed by atoms with Gasteiger partial charge in [0, 0.05) is 20.3 Å². The van der Waals surface area contributed by atoms with Gasteiger partial charge in [0.2, 0.25) is 0 Å². The highest BCUT2D eigenvalue weighted by Crippen LogP contribution is 2.39. The van der Waals surface area contributed by atoms with Gasteiger partial charge >= 0.3 is 11.9 Å². The molecule has 0 N–H and O–H groups in total. The van der Waals surface area contributed by atoms with Gasteiger partial charge in [0.15, 0.2) is 11.9 Å². The Hall–Kier alpha value is -1.96. The van der Waals surface area contributed by atoms with E-state index in [9.17, 15) is 9.59 Å². The first-order valence-corrected chi connectivity index (χ1v) is 9.12. The highest BCUT2D eigenvalue weighted by molar-refractivity contribution is 5.67. The van der Waals surface area contributed by atoms with Gasteiger partial charge < -0.3 is 23.7 Å². The second kappa shape index (κ2) is 7.96. The van der Waals surface area contributed by atoms with Crippen LogP contribution in [0, 0.1) is 0 Å². The highest BCUT2D eigenvalue weighted by Gasteiger charge is 2.48. The normalized spacial score (nSPS) is 32.7. The third-order valence-corrected chi connectivity index (χ3v) is 4.64. The molecule has 1 aromatic rings. The van der Waals surface area contributed by atoms with Crippen molar-refractivity contribution in [2.75, 3.05) is 6.61 Å². The highest BCUT2D eigenvalue weighted by atomic mass is 16.8. The predicted octanol–water partition coefficient (Wildman–Crippen LogP) is 2.53. The molecule has 0 aliphatic carbocycles. The van der Waals surface area contributed by atoms with E-state index in [1.54, 1.807) is 0 Å². The van der Waals surface area contributed by atoms with E-state index in [1.165, 1.54) is 13.8 Å². The van der Waals surface area contributed by atoms with Gasteiger partial charge in [-0.1, -0.05) is 30.3 Å². The van der Waals surface area contributed by atoms with Crippen LogP contribution in [0.2, 0.25) is 0 Å². The average molecular weight is 378 g/mol. The van der Waals surface area contributed by atoms with Crippen LogP contribution in [0.25, 0.3) is 0 Å². The number of rotatable bonds is 4. The summed E-state index contributed by atoms with van der Waals surface area (Å²) in [4.78, 5) is 23.3. The van der Waals surface area contributed by atoms with Gasteiger partial charge in [-0.15, -0.1) is 0 Å². The number of carbonyl (C=O) groups excluding carboxylic acids is 2. The zero-order valence-electron chi connectivity index (χ0n) is 16.0. The molecule has 7 nitrogen and oxygen atoms in total. The van der Waals surface area contributed by atoms with E-state index < -0.39 is 36.0 Å². The Morgan fingerprint density at radius 3 is 2.26 bits per heavy atom. The van der Waals surface area contributed by atoms with Crippen molar-refractivity contribution in [2.45, 2.75) is 70.4 Å². The first-order chi connectivity index (χ1) is 12.7. The number of hydrogen-bond acceptors (Lipinski definition) is 7. The summed E-state index contributed by atoms with van der Waals surface area (Å²) in [6.07, 6.45) is -2.27. The quantitative estimate of drug-likeness (QED) is 0.745. The molecule has 27 heavy (non-hydrogen) atoms. The van der Waals surface area contributed by atoms with Gasteiger partial charge in [0.25, 0.3) is 0 Å². The molecular formula is C20H26O7. The molecule has 2 heterocycles. The smallest absolute Gasteiger partial charge is 0.303 e. The second-order valence-corrected chi connectivity index (χ2v) is 7.33. The van der Waals surface area contributed by atoms with Crippen molar-refractivity contribution in [3.63, 3.8) is 0 Å². The van der Waals surface area contributed by atoms with Crippen LogP contribution in [-0.2, 0) is 33.3 Å². The fourth-order valence-corrected chi connectivity index (χ4v) is 3.59. The SMILES string of the molecule is CC(=O)O[C@H]1[C@@H](OC(C)=O)C[C@H]([C@H]2COC(C)(C)O2)O[C@@H]1c1ccccc1. The molecule has 0 radical (unpaired) electrons. The Bertz CT molecular complexity index is 672. The van der Waals surface area contributed by atoms with Gasteiger partial charge in [-0.05, 0) is 19.4 Å². The van der Waals surface area contributed by atoms with E-state index in [2.05, 4.69) is 0 Å². The molecule has 148 valence electrons. The van der Waals surface area contributed by atoms with Gasteiger partial charge in [0.05, 0.1) is 12.7 Å². The summed E-state index contributed by atoms with van der Waals surface area (Å²) in [5, 5.41) is 0. The van der Waals surface area contributed by atoms with Crippen molar-refractivity contribution in [1.82, 2.24) is 0 Å². The molecule has 3 rings (SSSR count). The Morgan fingerprint density at radius 2 is 1.70 bits per heavy atom. The topological polar surface area (TPSA) is 80.3 Å². The molecule has 2 aliphatic heterocycles. The third-order valence-electron chi connectivity index (χ3n) is 4.64. The van der Waals surface area contributed by atoms with Gasteiger partial charge in [-0.3, -0.25) is 9.59 Å². The molecule has 0 unspecified atom stereocenters. The van der Waals surface area contributed by atoms with Crippen LogP contribution in [0.1, 0.15) is 45.8 Å². The van der Waals surface area contributed by atoms with Crippen LogP contribution in [0.5, 0.6) is 0 Å². The van der Waals surface area contributed by atoms with Gasteiger partial charge in [0.1, 0.15) is 18.3 Å². The molecular weight excluding hydrogens is 352 g/mol. The minimum Gasteiger partial charge on any atom is -0.458 e. The van der Waals surface area contributed by atoms with Gasteiger partial charge in [-0.2, -0.15) is 0 Å². The summed E-state index contributed by atoms with van der Waals surface area (Å²) in [5.74, 6) is -1.59. The number of hydrogen-bond donors (Lipinski definition) is 0. The zero-order valence-corrected chi connectivity index (χ0v) is 16.0. The summed E-state index contributed by atoms with van der Waals surface area (Å²) < 4.78 is 28.9. The minimum atomic E-state index is -0.736. The molecule has 1 aromatic carbocycles. The number of esters is 2. The van der Waals surface area contributed by atoms with Crippen molar-refractivity contribution < 1.29 is 33.3 Å². The summed E-state index contributed by atoms with van der Waals surface area (Å²) in [6.45, 7) is 6.73. The molecule has 7 heteroatoms. The molecule has 2 fully saturated rings.